The van der Waals surface area contributed by atoms with Crippen molar-refractivity contribution in [3.63, 3.8) is 0 Å². The number of sulfonamides is 1. The van der Waals surface area contributed by atoms with E-state index in [0.717, 1.165) is 25.9 Å². The molecule has 0 spiro atoms. The lowest BCUT2D eigenvalue weighted by Gasteiger charge is -2.34. The minimum atomic E-state index is -3.61. The van der Waals surface area contributed by atoms with Gasteiger partial charge in [-0.1, -0.05) is 23.2 Å². The van der Waals surface area contributed by atoms with Crippen LogP contribution < -0.4 is 4.72 Å². The molecule has 1 aliphatic rings. The van der Waals surface area contributed by atoms with E-state index in [4.69, 9.17) is 23.2 Å². The van der Waals surface area contributed by atoms with Crippen molar-refractivity contribution < 1.29 is 8.42 Å². The average Bonchev–Trinajstić information content (AvgIpc) is 2.49. The fraction of sp³-hybridized carbons (Fsp3) is 0.625. The lowest BCUT2D eigenvalue weighted by atomic mass is 9.96. The van der Waals surface area contributed by atoms with Crippen LogP contribution in [0.25, 0.3) is 0 Å². The molecule has 130 valence electrons. The van der Waals surface area contributed by atoms with Crippen LogP contribution in [-0.2, 0) is 10.0 Å². The van der Waals surface area contributed by atoms with Gasteiger partial charge in [-0.2, -0.15) is 0 Å². The van der Waals surface area contributed by atoms with Crippen molar-refractivity contribution in [3.05, 3.63) is 27.7 Å². The topological polar surface area (TPSA) is 49.4 Å². The first-order valence-corrected chi connectivity index (χ1v) is 10.1. The number of hydrogen-bond donors (Lipinski definition) is 1. The zero-order valence-electron chi connectivity index (χ0n) is 13.8. The van der Waals surface area contributed by atoms with Crippen molar-refractivity contribution in [1.82, 2.24) is 9.62 Å². The summed E-state index contributed by atoms with van der Waals surface area (Å²) >= 11 is 12.0. The Bertz CT molecular complexity index is 654. The Morgan fingerprint density at radius 3 is 2.39 bits per heavy atom. The molecule has 1 N–H and O–H groups in total. The van der Waals surface area contributed by atoms with Crippen LogP contribution in [-0.4, -0.2) is 39.0 Å². The first kappa shape index (κ1) is 19.0. The fourth-order valence-electron chi connectivity index (χ4n) is 2.82. The van der Waals surface area contributed by atoms with Crippen molar-refractivity contribution in [3.8, 4) is 0 Å². The molecule has 1 aromatic rings. The highest BCUT2D eigenvalue weighted by atomic mass is 35.5. The summed E-state index contributed by atoms with van der Waals surface area (Å²) in [5.41, 5.74) is 0.696. The van der Waals surface area contributed by atoms with E-state index >= 15 is 0 Å². The summed E-state index contributed by atoms with van der Waals surface area (Å²) in [6, 6.07) is 3.55. The molecular formula is C16H24Cl2N2O2S. The molecule has 1 saturated heterocycles. The molecular weight excluding hydrogens is 355 g/mol. The lowest BCUT2D eigenvalue weighted by molar-refractivity contribution is 0.151. The molecule has 0 aliphatic carbocycles. The molecule has 0 radical (unpaired) electrons. The minimum absolute atomic E-state index is 0.0979. The highest BCUT2D eigenvalue weighted by Crippen LogP contribution is 2.28. The molecule has 0 amide bonds. The summed E-state index contributed by atoms with van der Waals surface area (Å²) < 4.78 is 27.7. The summed E-state index contributed by atoms with van der Waals surface area (Å²) in [4.78, 5) is 2.52. The quantitative estimate of drug-likeness (QED) is 0.849. The number of halogens is 2. The number of rotatable bonds is 5. The molecule has 0 bridgehead atoms. The predicted octanol–water partition coefficient (Wildman–Crippen LogP) is 3.70. The Morgan fingerprint density at radius 2 is 1.83 bits per heavy atom. The number of aryl methyl sites for hydroxylation is 1. The van der Waals surface area contributed by atoms with Gasteiger partial charge in [0.1, 0.15) is 4.90 Å². The van der Waals surface area contributed by atoms with E-state index in [9.17, 15) is 8.42 Å². The van der Waals surface area contributed by atoms with Gasteiger partial charge in [0.25, 0.3) is 0 Å². The van der Waals surface area contributed by atoms with Gasteiger partial charge in [-0.15, -0.1) is 0 Å². The smallest absolute Gasteiger partial charge is 0.242 e. The van der Waals surface area contributed by atoms with Gasteiger partial charge in [0.05, 0.1) is 5.02 Å². The Labute approximate surface area is 149 Å². The largest absolute Gasteiger partial charge is 0.301 e. The molecule has 0 saturated carbocycles. The van der Waals surface area contributed by atoms with Crippen LogP contribution in [0.1, 0.15) is 32.3 Å². The van der Waals surface area contributed by atoms with Crippen LogP contribution in [0.3, 0.4) is 0 Å². The highest BCUT2D eigenvalue weighted by Gasteiger charge is 2.24. The molecule has 1 heterocycles. The standard InChI is InChI=1S/C16H24Cl2N2O2S/c1-11(2)20-6-4-13(5-7-20)10-19-23(21,22)16-8-12(3)14(17)9-15(16)18/h8-9,11,13,19H,4-7,10H2,1-3H3. The van der Waals surface area contributed by atoms with Gasteiger partial charge in [0.2, 0.25) is 10.0 Å². The molecule has 7 heteroatoms. The van der Waals surface area contributed by atoms with Crippen LogP contribution >= 0.6 is 23.2 Å². The van der Waals surface area contributed by atoms with Gasteiger partial charge in [-0.3, -0.25) is 0 Å². The van der Waals surface area contributed by atoms with Crippen LogP contribution in [0.4, 0.5) is 0 Å². The zero-order chi connectivity index (χ0) is 17.2. The van der Waals surface area contributed by atoms with E-state index in [0.29, 0.717) is 29.1 Å². The van der Waals surface area contributed by atoms with Crippen molar-refractivity contribution in [2.45, 2.75) is 44.6 Å². The third-order valence-corrected chi connectivity index (χ3v) is 6.74. The van der Waals surface area contributed by atoms with Crippen LogP contribution in [0.5, 0.6) is 0 Å². The summed E-state index contributed by atoms with van der Waals surface area (Å²) in [5, 5.41) is 0.623. The van der Waals surface area contributed by atoms with E-state index in [-0.39, 0.29) is 9.92 Å². The third kappa shape index (κ3) is 4.83. The van der Waals surface area contributed by atoms with E-state index in [1.807, 2.05) is 0 Å². The monoisotopic (exact) mass is 378 g/mol. The molecule has 0 atom stereocenters. The lowest BCUT2D eigenvalue weighted by Crippen LogP contribution is -2.41. The van der Waals surface area contributed by atoms with E-state index in [1.54, 1.807) is 6.92 Å². The second-order valence-corrected chi connectivity index (χ2v) is 9.01. The first-order valence-electron chi connectivity index (χ1n) is 7.90. The SMILES string of the molecule is Cc1cc(S(=O)(=O)NCC2CCN(C(C)C)CC2)c(Cl)cc1Cl. The Morgan fingerprint density at radius 1 is 1.22 bits per heavy atom. The predicted molar refractivity (Wildman–Crippen MR) is 95.8 cm³/mol. The maximum absolute atomic E-state index is 12.5. The average molecular weight is 379 g/mol. The Hall–Kier alpha value is -0.330. The second-order valence-electron chi connectivity index (χ2n) is 6.46. The van der Waals surface area contributed by atoms with Crippen LogP contribution in [0.2, 0.25) is 10.0 Å². The van der Waals surface area contributed by atoms with Gasteiger partial charge in [0, 0.05) is 17.6 Å². The first-order chi connectivity index (χ1) is 10.7. The fourth-order valence-corrected chi connectivity index (χ4v) is 4.76. The van der Waals surface area contributed by atoms with Gasteiger partial charge in [-0.05, 0) is 70.3 Å². The number of nitrogens with one attached hydrogen (secondary N) is 1. The molecule has 23 heavy (non-hydrogen) atoms. The third-order valence-electron chi connectivity index (χ3n) is 4.44. The number of hydrogen-bond acceptors (Lipinski definition) is 3. The summed E-state index contributed by atoms with van der Waals surface area (Å²) in [6.07, 6.45) is 2.02. The highest BCUT2D eigenvalue weighted by molar-refractivity contribution is 7.89. The van der Waals surface area contributed by atoms with Crippen molar-refractivity contribution in [2.24, 2.45) is 5.92 Å². The summed E-state index contributed by atoms with van der Waals surface area (Å²) in [5.74, 6) is 0.368. The molecule has 1 fully saturated rings. The number of piperidine rings is 1. The van der Waals surface area contributed by atoms with Crippen molar-refractivity contribution in [1.29, 1.82) is 0 Å². The molecule has 0 unspecified atom stereocenters. The molecule has 0 aromatic heterocycles. The van der Waals surface area contributed by atoms with Gasteiger partial charge in [-0.25, -0.2) is 13.1 Å². The Kier molecular flexibility index (Phi) is 6.36. The normalized spacial score (nSPS) is 17.8. The molecule has 1 aliphatic heterocycles. The number of likely N-dealkylation sites (tertiary alicyclic amines) is 1. The number of benzene rings is 1. The maximum atomic E-state index is 12.5. The van der Waals surface area contributed by atoms with E-state index in [1.165, 1.54) is 12.1 Å². The van der Waals surface area contributed by atoms with Crippen LogP contribution in [0.15, 0.2) is 17.0 Å². The Balaban J connectivity index is 1.99. The van der Waals surface area contributed by atoms with Gasteiger partial charge >= 0.3 is 0 Å². The van der Waals surface area contributed by atoms with E-state index < -0.39 is 10.0 Å². The summed E-state index contributed by atoms with van der Waals surface area (Å²) in [6.45, 7) is 8.63. The minimum Gasteiger partial charge on any atom is -0.301 e. The molecule has 1 aromatic carbocycles. The second kappa shape index (κ2) is 7.70. The van der Waals surface area contributed by atoms with Gasteiger partial charge < -0.3 is 4.90 Å². The number of nitrogens with zero attached hydrogens (tertiary/aromatic N) is 1. The molecule has 2 rings (SSSR count). The van der Waals surface area contributed by atoms with Gasteiger partial charge in [0.15, 0.2) is 0 Å². The van der Waals surface area contributed by atoms with Crippen LogP contribution in [0, 0.1) is 12.8 Å². The van der Waals surface area contributed by atoms with Crippen molar-refractivity contribution in [2.75, 3.05) is 19.6 Å². The summed E-state index contributed by atoms with van der Waals surface area (Å²) in [7, 11) is -3.61. The maximum Gasteiger partial charge on any atom is 0.242 e. The van der Waals surface area contributed by atoms with E-state index in [2.05, 4.69) is 23.5 Å². The zero-order valence-corrected chi connectivity index (χ0v) is 16.1. The van der Waals surface area contributed by atoms with Crippen molar-refractivity contribution >= 4 is 33.2 Å². The molecule has 4 nitrogen and oxygen atoms in total.